The zero-order chi connectivity index (χ0) is 43.5. The summed E-state index contributed by atoms with van der Waals surface area (Å²) in [5.41, 5.74) is 1.53. The van der Waals surface area contributed by atoms with Gasteiger partial charge in [-0.3, -0.25) is 0 Å². The fraction of sp³-hybridized carbons (Fsp3) is 0.956. The number of ether oxygens (including phenoxy) is 8. The highest BCUT2D eigenvalue weighted by atomic mass is 16.8. The summed E-state index contributed by atoms with van der Waals surface area (Å²) in [5, 5.41) is 85.9. The molecule has 0 amide bonds. The molecule has 0 aromatic heterocycles. The van der Waals surface area contributed by atoms with Gasteiger partial charge in [-0.05, 0) is 106 Å². The average molecular weight is 869 g/mol. The van der Waals surface area contributed by atoms with Gasteiger partial charge in [0.25, 0.3) is 0 Å². The van der Waals surface area contributed by atoms with Crippen LogP contribution in [0.5, 0.6) is 0 Å². The molecule has 5 aliphatic heterocycles. The Morgan fingerprint density at radius 2 is 1.34 bits per heavy atom. The Bertz CT molecular complexity index is 1590. The first kappa shape index (κ1) is 45.3. The van der Waals surface area contributed by atoms with Crippen molar-refractivity contribution in [3.05, 3.63) is 11.6 Å². The van der Waals surface area contributed by atoms with E-state index in [9.17, 15) is 40.9 Å². The van der Waals surface area contributed by atoms with Gasteiger partial charge in [0.1, 0.15) is 61.0 Å². The fourth-order valence-corrected chi connectivity index (χ4v) is 14.0. The largest absolute Gasteiger partial charge is 0.394 e. The molecule has 9 aliphatic rings. The van der Waals surface area contributed by atoms with Crippen LogP contribution in [0, 0.1) is 46.3 Å². The predicted octanol–water partition coefficient (Wildman–Crippen LogP) is 1.24. The Kier molecular flexibility index (Phi) is 12.4. The normalized spacial score (nSPS) is 58.4. The maximum absolute atomic E-state index is 12.0. The third-order valence-electron chi connectivity index (χ3n) is 17.6. The van der Waals surface area contributed by atoms with Crippen LogP contribution < -0.4 is 0 Å². The molecule has 8 N–H and O–H groups in total. The van der Waals surface area contributed by atoms with E-state index in [1.807, 2.05) is 0 Å². The molecule has 8 unspecified atom stereocenters. The van der Waals surface area contributed by atoms with E-state index in [2.05, 4.69) is 33.8 Å². The Hall–Kier alpha value is -0.900. The second kappa shape index (κ2) is 16.8. The molecule has 26 atom stereocenters. The summed E-state index contributed by atoms with van der Waals surface area (Å²) < 4.78 is 50.1. The van der Waals surface area contributed by atoms with Crippen molar-refractivity contribution in [1.82, 2.24) is 0 Å². The minimum atomic E-state index is -1.71. The van der Waals surface area contributed by atoms with Crippen LogP contribution >= 0.6 is 0 Å². The van der Waals surface area contributed by atoms with Gasteiger partial charge in [-0.15, -0.1) is 0 Å². The molecule has 0 radical (unpaired) electrons. The lowest BCUT2D eigenvalue weighted by molar-refractivity contribution is -0.388. The number of hydrogen-bond donors (Lipinski definition) is 8. The second-order valence-electron chi connectivity index (χ2n) is 21.1. The van der Waals surface area contributed by atoms with Gasteiger partial charge >= 0.3 is 0 Å². The third kappa shape index (κ3) is 7.42. The van der Waals surface area contributed by atoms with Crippen LogP contribution in [-0.4, -0.2) is 164 Å². The van der Waals surface area contributed by atoms with Crippen molar-refractivity contribution in [1.29, 1.82) is 0 Å². The number of hydrogen-bond acceptors (Lipinski definition) is 16. The molecule has 5 heterocycles. The molecular formula is C45H72O16. The predicted molar refractivity (Wildman–Crippen MR) is 213 cm³/mol. The summed E-state index contributed by atoms with van der Waals surface area (Å²) in [7, 11) is 0. The van der Waals surface area contributed by atoms with Crippen molar-refractivity contribution in [3.63, 3.8) is 0 Å². The van der Waals surface area contributed by atoms with E-state index in [4.69, 9.17) is 37.9 Å². The van der Waals surface area contributed by atoms with Crippen LogP contribution in [0.2, 0.25) is 0 Å². The minimum absolute atomic E-state index is 0.0171. The van der Waals surface area contributed by atoms with Crippen LogP contribution in [0.25, 0.3) is 0 Å². The molecule has 16 heteroatoms. The smallest absolute Gasteiger partial charge is 0.187 e. The lowest BCUT2D eigenvalue weighted by Crippen LogP contribution is -2.66. The summed E-state index contributed by atoms with van der Waals surface area (Å²) >= 11 is 0. The maximum atomic E-state index is 12.0. The van der Waals surface area contributed by atoms with E-state index >= 15 is 0 Å². The lowest BCUT2D eigenvalue weighted by atomic mass is 9.47. The molecule has 61 heavy (non-hydrogen) atoms. The molecule has 0 bridgehead atoms. The number of aliphatic hydroxyl groups excluding tert-OH is 8. The van der Waals surface area contributed by atoms with Gasteiger partial charge in [-0.1, -0.05) is 39.3 Å². The van der Waals surface area contributed by atoms with Crippen LogP contribution in [0.3, 0.4) is 0 Å². The van der Waals surface area contributed by atoms with Gasteiger partial charge in [0.15, 0.2) is 24.7 Å². The molecule has 4 aliphatic carbocycles. The molecule has 1 spiro atoms. The van der Waals surface area contributed by atoms with Gasteiger partial charge in [0, 0.05) is 12.3 Å². The first-order chi connectivity index (χ1) is 28.9. The zero-order valence-corrected chi connectivity index (χ0v) is 36.5. The first-order valence-corrected chi connectivity index (χ1v) is 23.2. The van der Waals surface area contributed by atoms with E-state index in [0.29, 0.717) is 48.3 Å². The molecular weight excluding hydrogens is 796 g/mol. The highest BCUT2D eigenvalue weighted by molar-refractivity contribution is 5.26. The SMILES string of the molecule is CC1O[C@@H](O[C@@H]2C(CO)O[C@@H](O[C@H]3CC[C@@]4(C)C(=CC[C@H]5[C@@H]6CC7O[C@]8(CC[C@@H](C)CO8)[C@@H](C)[C@H]7[C@@]6(C)CC[C@@H]54)C3)C(O[C@@H]3O[C@H](C)[C@H](O)C(O)[C@@H]3O)C2O)C(O)C(O)[C@H]1O. The van der Waals surface area contributed by atoms with E-state index in [1.54, 1.807) is 0 Å². The topological polar surface area (TPSA) is 236 Å². The maximum Gasteiger partial charge on any atom is 0.187 e. The summed E-state index contributed by atoms with van der Waals surface area (Å²) in [4.78, 5) is 0. The Morgan fingerprint density at radius 3 is 1.97 bits per heavy atom. The van der Waals surface area contributed by atoms with Crippen LogP contribution in [0.4, 0.5) is 0 Å². The van der Waals surface area contributed by atoms with Crippen molar-refractivity contribution in [3.8, 4) is 0 Å². The fourth-order valence-electron chi connectivity index (χ4n) is 14.0. The highest BCUT2D eigenvalue weighted by Crippen LogP contribution is 2.70. The van der Waals surface area contributed by atoms with E-state index in [0.717, 1.165) is 45.1 Å². The van der Waals surface area contributed by atoms with Gasteiger partial charge in [-0.25, -0.2) is 0 Å². The summed E-state index contributed by atoms with van der Waals surface area (Å²) in [6.45, 7) is 12.7. The standard InChI is InChI=1S/C45H72O16/c1-19-9-14-45(54-18-19)20(2)30-28(61-45)16-27-25-8-7-23-15-24(10-12-43(23,5)26(25)11-13-44(27,30)6)57-42-39(60-41-36(52)34(50)32(48)22(4)56-41)37(53)38(29(17-46)58-42)59-40-35(51)33(49)31(47)21(3)55-40/h7,19-22,24-42,46-53H,8-18H2,1-6H3/t19-,20+,21?,22-,24+,25-,26+,27+,28?,29?,30-,31+,32+,33?,34?,35?,36+,37?,38-,39?,40+,41+,42-,43+,44+,45-/m1/s1. The Balaban J connectivity index is 0.916. The molecule has 0 aromatic rings. The van der Waals surface area contributed by atoms with E-state index in [1.165, 1.54) is 25.8 Å². The molecule has 348 valence electrons. The van der Waals surface area contributed by atoms with E-state index in [-0.39, 0.29) is 23.0 Å². The van der Waals surface area contributed by atoms with Crippen molar-refractivity contribution in [2.45, 2.75) is 209 Å². The van der Waals surface area contributed by atoms with Crippen molar-refractivity contribution >= 4 is 0 Å². The zero-order valence-electron chi connectivity index (χ0n) is 36.5. The molecule has 5 saturated heterocycles. The number of allylic oxidation sites excluding steroid dienone is 1. The number of fused-ring (bicyclic) bond motifs is 7. The molecule has 3 saturated carbocycles. The summed E-state index contributed by atoms with van der Waals surface area (Å²) in [6.07, 6.45) is -10.4. The average Bonchev–Trinajstić information content (AvgIpc) is 3.69. The van der Waals surface area contributed by atoms with Crippen molar-refractivity contribution in [2.75, 3.05) is 13.2 Å². The quantitative estimate of drug-likeness (QED) is 0.168. The van der Waals surface area contributed by atoms with Crippen LogP contribution in [-0.2, 0) is 37.9 Å². The second-order valence-corrected chi connectivity index (χ2v) is 21.1. The molecule has 0 aromatic carbocycles. The number of rotatable bonds is 7. The van der Waals surface area contributed by atoms with Crippen molar-refractivity contribution < 1.29 is 78.7 Å². The third-order valence-corrected chi connectivity index (χ3v) is 17.6. The molecule has 9 rings (SSSR count). The van der Waals surface area contributed by atoms with Gasteiger partial charge in [0.2, 0.25) is 0 Å². The Labute approximate surface area is 358 Å². The highest BCUT2D eigenvalue weighted by Gasteiger charge is 2.69. The summed E-state index contributed by atoms with van der Waals surface area (Å²) in [5.74, 6) is 2.64. The monoisotopic (exact) mass is 868 g/mol. The lowest BCUT2D eigenvalue weighted by Gasteiger charge is -2.58. The van der Waals surface area contributed by atoms with Crippen LogP contribution in [0.1, 0.15) is 99.3 Å². The first-order valence-electron chi connectivity index (χ1n) is 23.2. The molecule has 8 fully saturated rings. The summed E-state index contributed by atoms with van der Waals surface area (Å²) in [6, 6.07) is 0. The van der Waals surface area contributed by atoms with E-state index < -0.39 is 105 Å². The van der Waals surface area contributed by atoms with Crippen molar-refractivity contribution in [2.24, 2.45) is 46.3 Å². The number of aliphatic hydroxyl groups is 8. The Morgan fingerprint density at radius 1 is 0.689 bits per heavy atom. The van der Waals surface area contributed by atoms with Crippen LogP contribution in [0.15, 0.2) is 11.6 Å². The van der Waals surface area contributed by atoms with Gasteiger partial charge in [0.05, 0.1) is 37.6 Å². The van der Waals surface area contributed by atoms with Gasteiger partial charge < -0.3 is 78.7 Å². The molecule has 16 nitrogen and oxygen atoms in total. The van der Waals surface area contributed by atoms with Gasteiger partial charge in [-0.2, -0.15) is 0 Å². The minimum Gasteiger partial charge on any atom is -0.394 e.